The molecule has 1 atom stereocenters. The molecule has 1 aliphatic heterocycles. The smallest absolute Gasteiger partial charge is 0.247 e. The van der Waals surface area contributed by atoms with Crippen molar-refractivity contribution in [2.24, 2.45) is 0 Å². The molecule has 25 heavy (non-hydrogen) atoms. The van der Waals surface area contributed by atoms with Gasteiger partial charge in [-0.2, -0.15) is 0 Å². The summed E-state index contributed by atoms with van der Waals surface area (Å²) in [6.07, 6.45) is 6.23. The molecule has 4 nitrogen and oxygen atoms in total. The normalized spacial score (nSPS) is 18.5. The second-order valence-electron chi connectivity index (χ2n) is 6.61. The summed E-state index contributed by atoms with van der Waals surface area (Å²) in [6.45, 7) is 1.88. The van der Waals surface area contributed by atoms with Gasteiger partial charge in [0.05, 0.1) is 6.54 Å². The molecule has 4 rings (SSSR count). The maximum absolute atomic E-state index is 5.91. The highest BCUT2D eigenvalue weighted by atomic mass is 32.1. The molecule has 0 aliphatic carbocycles. The lowest BCUT2D eigenvalue weighted by atomic mass is 9.97. The summed E-state index contributed by atoms with van der Waals surface area (Å²) in [4.78, 5) is 4.01. The van der Waals surface area contributed by atoms with Gasteiger partial charge in [0.1, 0.15) is 0 Å². The van der Waals surface area contributed by atoms with Gasteiger partial charge in [-0.15, -0.1) is 21.5 Å². The molecule has 5 heteroatoms. The maximum atomic E-state index is 5.91. The van der Waals surface area contributed by atoms with Crippen LogP contribution in [-0.4, -0.2) is 27.7 Å². The van der Waals surface area contributed by atoms with Crippen molar-refractivity contribution in [2.75, 3.05) is 6.54 Å². The molecule has 2 aromatic heterocycles. The van der Waals surface area contributed by atoms with E-state index in [9.17, 15) is 0 Å². The Bertz CT molecular complexity index is 769. The Morgan fingerprint density at radius 1 is 1.08 bits per heavy atom. The monoisotopic (exact) mass is 353 g/mol. The molecule has 3 aromatic rings. The van der Waals surface area contributed by atoms with Crippen molar-refractivity contribution in [1.82, 2.24) is 15.1 Å². The number of aromatic nitrogens is 2. The molecule has 1 aliphatic rings. The first-order chi connectivity index (χ1) is 12.4. The van der Waals surface area contributed by atoms with E-state index in [0.29, 0.717) is 11.9 Å². The number of piperidine rings is 1. The molecule has 1 fully saturated rings. The summed E-state index contributed by atoms with van der Waals surface area (Å²) in [5.41, 5.74) is 0.981. The van der Waals surface area contributed by atoms with Gasteiger partial charge < -0.3 is 4.42 Å². The molecule has 1 saturated heterocycles. The van der Waals surface area contributed by atoms with E-state index in [1.54, 1.807) is 0 Å². The minimum Gasteiger partial charge on any atom is -0.419 e. The second-order valence-corrected chi connectivity index (χ2v) is 7.64. The first-order valence-corrected chi connectivity index (χ1v) is 9.91. The van der Waals surface area contributed by atoms with Crippen LogP contribution in [0.1, 0.15) is 36.5 Å². The van der Waals surface area contributed by atoms with Crippen LogP contribution in [0.5, 0.6) is 0 Å². The van der Waals surface area contributed by atoms with Gasteiger partial charge in [-0.3, -0.25) is 4.90 Å². The van der Waals surface area contributed by atoms with E-state index in [0.717, 1.165) is 31.0 Å². The van der Waals surface area contributed by atoms with Gasteiger partial charge in [0.25, 0.3) is 0 Å². The minimum atomic E-state index is 0.614. The van der Waals surface area contributed by atoms with Crippen molar-refractivity contribution in [3.8, 4) is 11.5 Å². The van der Waals surface area contributed by atoms with Crippen LogP contribution >= 0.6 is 11.3 Å². The van der Waals surface area contributed by atoms with Gasteiger partial charge in [-0.05, 0) is 55.8 Å². The third-order valence-electron chi connectivity index (χ3n) is 4.88. The van der Waals surface area contributed by atoms with Crippen molar-refractivity contribution in [3.05, 3.63) is 58.6 Å². The van der Waals surface area contributed by atoms with Gasteiger partial charge in [0.15, 0.2) is 0 Å². The summed E-state index contributed by atoms with van der Waals surface area (Å²) in [5, 5.41) is 10.7. The average molecular weight is 353 g/mol. The van der Waals surface area contributed by atoms with Crippen molar-refractivity contribution in [1.29, 1.82) is 0 Å². The van der Waals surface area contributed by atoms with Crippen molar-refractivity contribution in [2.45, 2.75) is 44.7 Å². The van der Waals surface area contributed by atoms with Crippen LogP contribution < -0.4 is 0 Å². The molecule has 0 radical (unpaired) electrons. The van der Waals surface area contributed by atoms with Crippen LogP contribution in [0.15, 0.2) is 52.3 Å². The lowest BCUT2D eigenvalue weighted by molar-refractivity contribution is 0.121. The summed E-state index contributed by atoms with van der Waals surface area (Å²) in [7, 11) is 0. The lowest BCUT2D eigenvalue weighted by Crippen LogP contribution is -2.39. The van der Waals surface area contributed by atoms with Gasteiger partial charge >= 0.3 is 0 Å². The fraction of sp³-hybridized carbons (Fsp3) is 0.400. The Morgan fingerprint density at radius 2 is 2.00 bits per heavy atom. The number of aryl methyl sites for hydroxylation is 1. The van der Waals surface area contributed by atoms with E-state index < -0.39 is 0 Å². The third-order valence-corrected chi connectivity index (χ3v) is 5.82. The number of benzene rings is 1. The van der Waals surface area contributed by atoms with E-state index >= 15 is 0 Å². The highest BCUT2D eigenvalue weighted by Gasteiger charge is 2.24. The molecule has 1 aromatic carbocycles. The van der Waals surface area contributed by atoms with E-state index in [1.165, 1.54) is 30.6 Å². The zero-order chi connectivity index (χ0) is 16.9. The average Bonchev–Trinajstić information content (AvgIpc) is 3.34. The summed E-state index contributed by atoms with van der Waals surface area (Å²) >= 11 is 1.86. The Morgan fingerprint density at radius 3 is 2.84 bits per heavy atom. The molecule has 0 N–H and O–H groups in total. The fourth-order valence-electron chi connectivity index (χ4n) is 3.55. The number of hydrogen-bond donors (Lipinski definition) is 0. The van der Waals surface area contributed by atoms with Gasteiger partial charge in [0.2, 0.25) is 11.8 Å². The quantitative estimate of drug-likeness (QED) is 0.639. The zero-order valence-corrected chi connectivity index (χ0v) is 15.1. The van der Waals surface area contributed by atoms with Crippen LogP contribution in [-0.2, 0) is 13.0 Å². The Balaban J connectivity index is 1.40. The SMILES string of the molecule is c1ccc(-c2nnc(CN3CCCCC3CCc3cccs3)o2)cc1. The minimum absolute atomic E-state index is 0.614. The van der Waals surface area contributed by atoms with Crippen LogP contribution in [0.4, 0.5) is 0 Å². The van der Waals surface area contributed by atoms with E-state index in [4.69, 9.17) is 4.42 Å². The largest absolute Gasteiger partial charge is 0.419 e. The molecule has 130 valence electrons. The zero-order valence-electron chi connectivity index (χ0n) is 14.3. The van der Waals surface area contributed by atoms with Gasteiger partial charge in [-0.25, -0.2) is 0 Å². The molecular formula is C20H23N3OS. The first kappa shape index (κ1) is 16.5. The molecule has 0 amide bonds. The predicted octanol–water partition coefficient (Wildman–Crippen LogP) is 4.79. The third kappa shape index (κ3) is 4.17. The van der Waals surface area contributed by atoms with E-state index in [-0.39, 0.29) is 0 Å². The number of likely N-dealkylation sites (tertiary alicyclic amines) is 1. The predicted molar refractivity (Wildman–Crippen MR) is 100 cm³/mol. The number of nitrogens with zero attached hydrogens (tertiary/aromatic N) is 3. The van der Waals surface area contributed by atoms with Crippen LogP contribution in [0.2, 0.25) is 0 Å². The lowest BCUT2D eigenvalue weighted by Gasteiger charge is -2.34. The molecule has 0 spiro atoms. The van der Waals surface area contributed by atoms with E-state index in [2.05, 4.69) is 32.6 Å². The number of thiophene rings is 1. The standard InChI is InChI=1S/C20H23N3OS/c1-2-7-16(8-3-1)20-22-21-19(24-20)15-23-13-5-4-9-17(23)11-12-18-10-6-14-25-18/h1-3,6-8,10,14,17H,4-5,9,11-13,15H2. The highest BCUT2D eigenvalue weighted by Crippen LogP contribution is 2.25. The Hall–Kier alpha value is -1.98. The van der Waals surface area contributed by atoms with Crippen LogP contribution in [0, 0.1) is 0 Å². The van der Waals surface area contributed by atoms with Crippen LogP contribution in [0.3, 0.4) is 0 Å². The van der Waals surface area contributed by atoms with Gasteiger partial charge in [-0.1, -0.05) is 30.7 Å². The van der Waals surface area contributed by atoms with Crippen molar-refractivity contribution in [3.63, 3.8) is 0 Å². The Labute approximate surface area is 152 Å². The Kier molecular flexibility index (Phi) is 5.23. The summed E-state index contributed by atoms with van der Waals surface area (Å²) in [5.74, 6) is 1.34. The second kappa shape index (κ2) is 7.93. The number of hydrogen-bond acceptors (Lipinski definition) is 5. The summed E-state index contributed by atoms with van der Waals surface area (Å²) in [6, 6.07) is 15.0. The molecule has 3 heterocycles. The van der Waals surface area contributed by atoms with Crippen molar-refractivity contribution >= 4 is 11.3 Å². The maximum Gasteiger partial charge on any atom is 0.247 e. The molecule has 0 bridgehead atoms. The fourth-order valence-corrected chi connectivity index (χ4v) is 4.27. The highest BCUT2D eigenvalue weighted by molar-refractivity contribution is 7.09. The van der Waals surface area contributed by atoms with E-state index in [1.807, 2.05) is 41.7 Å². The molecular weight excluding hydrogens is 330 g/mol. The first-order valence-electron chi connectivity index (χ1n) is 9.03. The van der Waals surface area contributed by atoms with Crippen molar-refractivity contribution < 1.29 is 4.42 Å². The molecule has 1 unspecified atom stereocenters. The van der Waals surface area contributed by atoms with Crippen LogP contribution in [0.25, 0.3) is 11.5 Å². The number of rotatable bonds is 6. The topological polar surface area (TPSA) is 42.2 Å². The molecule has 0 saturated carbocycles. The van der Waals surface area contributed by atoms with Gasteiger partial charge in [0, 0.05) is 16.5 Å². The summed E-state index contributed by atoms with van der Waals surface area (Å²) < 4.78 is 5.91.